The molecule has 0 spiro atoms. The Morgan fingerprint density at radius 1 is 1.39 bits per heavy atom. The molecule has 0 aliphatic rings. The molecule has 2 rings (SSSR count). The van der Waals surface area contributed by atoms with E-state index in [1.165, 1.54) is 0 Å². The second-order valence-corrected chi connectivity index (χ2v) is 5.56. The van der Waals surface area contributed by atoms with Crippen LogP contribution in [0, 0.1) is 6.92 Å². The molecule has 1 amide bonds. The average molecular weight is 321 g/mol. The van der Waals surface area contributed by atoms with E-state index in [4.69, 9.17) is 4.74 Å². The Labute approximate surface area is 134 Å². The summed E-state index contributed by atoms with van der Waals surface area (Å²) in [5.74, 6) is -0.646. The normalized spacial score (nSPS) is 11.2. The van der Waals surface area contributed by atoms with Gasteiger partial charge in [0.15, 0.2) is 0 Å². The van der Waals surface area contributed by atoms with Crippen molar-refractivity contribution in [3.63, 3.8) is 0 Å². The maximum absolute atomic E-state index is 11.8. The predicted molar refractivity (Wildman–Crippen MR) is 84.9 cm³/mol. The second kappa shape index (κ2) is 7.26. The van der Waals surface area contributed by atoms with Crippen molar-refractivity contribution in [3.05, 3.63) is 11.9 Å². The van der Waals surface area contributed by atoms with Crippen LogP contribution >= 0.6 is 0 Å². The number of hydrogen-bond acceptors (Lipinski definition) is 5. The molecule has 8 heteroatoms. The number of rotatable bonds is 7. The molecule has 2 aromatic heterocycles. The van der Waals surface area contributed by atoms with Gasteiger partial charge in [0.1, 0.15) is 17.6 Å². The van der Waals surface area contributed by atoms with Crippen LogP contribution in [0.2, 0.25) is 0 Å². The van der Waals surface area contributed by atoms with Crippen molar-refractivity contribution in [1.29, 1.82) is 0 Å². The third-order valence-electron chi connectivity index (χ3n) is 3.44. The van der Waals surface area contributed by atoms with E-state index in [-0.39, 0.29) is 24.9 Å². The molecule has 0 aliphatic carbocycles. The second-order valence-electron chi connectivity index (χ2n) is 5.56. The molecule has 126 valence electrons. The van der Waals surface area contributed by atoms with Crippen LogP contribution in [0.15, 0.2) is 6.20 Å². The molecule has 0 atom stereocenters. The number of aromatic nitrogens is 4. The molecule has 0 bridgehead atoms. The van der Waals surface area contributed by atoms with Crippen LogP contribution in [0.4, 0.5) is 0 Å². The summed E-state index contributed by atoms with van der Waals surface area (Å²) in [4.78, 5) is 23.0. The highest BCUT2D eigenvalue weighted by molar-refractivity contribution is 5.82. The highest BCUT2D eigenvalue weighted by atomic mass is 16.5. The van der Waals surface area contributed by atoms with Crippen LogP contribution in [0.5, 0.6) is 0 Å². The van der Waals surface area contributed by atoms with Crippen molar-refractivity contribution in [2.45, 2.75) is 46.7 Å². The quantitative estimate of drug-likeness (QED) is 0.774. The average Bonchev–Trinajstić information content (AvgIpc) is 3.05. The van der Waals surface area contributed by atoms with E-state index in [2.05, 4.69) is 29.4 Å². The SMILES string of the molecule is CCOC(=O)CNC(=O)CCn1ncc2c1c(C)nn2C(C)C. The van der Waals surface area contributed by atoms with Gasteiger partial charge in [-0.05, 0) is 27.7 Å². The van der Waals surface area contributed by atoms with Crippen molar-refractivity contribution in [1.82, 2.24) is 24.9 Å². The molecule has 0 fully saturated rings. The lowest BCUT2D eigenvalue weighted by Gasteiger charge is -2.05. The zero-order valence-electron chi connectivity index (χ0n) is 14.0. The van der Waals surface area contributed by atoms with E-state index in [1.54, 1.807) is 17.8 Å². The molecule has 1 N–H and O–H groups in total. The Kier molecular flexibility index (Phi) is 5.36. The molecule has 0 aliphatic heterocycles. The maximum Gasteiger partial charge on any atom is 0.325 e. The van der Waals surface area contributed by atoms with E-state index in [9.17, 15) is 9.59 Å². The number of ether oxygens (including phenoxy) is 1. The highest BCUT2D eigenvalue weighted by Crippen LogP contribution is 2.21. The van der Waals surface area contributed by atoms with Gasteiger partial charge >= 0.3 is 5.97 Å². The molecule has 0 aromatic carbocycles. The molecule has 0 unspecified atom stereocenters. The summed E-state index contributed by atoms with van der Waals surface area (Å²) >= 11 is 0. The standard InChI is InChI=1S/C15H23N5O3/c1-5-23-14(22)9-16-13(21)6-7-19-15-11(4)18-20(10(2)3)12(15)8-17-19/h8,10H,5-7,9H2,1-4H3,(H,16,21). The number of amides is 1. The summed E-state index contributed by atoms with van der Waals surface area (Å²) < 4.78 is 8.46. The van der Waals surface area contributed by atoms with Crippen molar-refractivity contribution in [2.75, 3.05) is 13.2 Å². The summed E-state index contributed by atoms with van der Waals surface area (Å²) in [5, 5.41) is 11.4. The van der Waals surface area contributed by atoms with Crippen LogP contribution in [-0.2, 0) is 20.9 Å². The molecule has 2 aromatic rings. The van der Waals surface area contributed by atoms with Crippen molar-refractivity contribution >= 4 is 22.9 Å². The summed E-state index contributed by atoms with van der Waals surface area (Å²) in [6, 6.07) is 0.247. The summed E-state index contributed by atoms with van der Waals surface area (Å²) in [5.41, 5.74) is 2.79. The fourth-order valence-electron chi connectivity index (χ4n) is 2.42. The number of nitrogens with zero attached hydrogens (tertiary/aromatic N) is 4. The predicted octanol–water partition coefficient (Wildman–Crippen LogP) is 1.19. The van der Waals surface area contributed by atoms with Crippen molar-refractivity contribution < 1.29 is 14.3 Å². The Bertz CT molecular complexity index is 701. The zero-order chi connectivity index (χ0) is 17.0. The fraction of sp³-hybridized carbons (Fsp3) is 0.600. The Hall–Kier alpha value is -2.38. The van der Waals surface area contributed by atoms with E-state index in [1.807, 2.05) is 11.6 Å². The largest absolute Gasteiger partial charge is 0.465 e. The van der Waals surface area contributed by atoms with E-state index in [0.29, 0.717) is 13.2 Å². The molecule has 0 saturated carbocycles. The van der Waals surface area contributed by atoms with Gasteiger partial charge in [0.05, 0.1) is 25.0 Å². The van der Waals surface area contributed by atoms with Crippen LogP contribution in [-0.4, -0.2) is 44.6 Å². The summed E-state index contributed by atoms with van der Waals surface area (Å²) in [6.07, 6.45) is 2.01. The zero-order valence-corrected chi connectivity index (χ0v) is 14.0. The van der Waals surface area contributed by atoms with E-state index in [0.717, 1.165) is 16.7 Å². The van der Waals surface area contributed by atoms with Crippen LogP contribution < -0.4 is 5.32 Å². The van der Waals surface area contributed by atoms with Gasteiger partial charge < -0.3 is 10.1 Å². The van der Waals surface area contributed by atoms with Crippen LogP contribution in [0.1, 0.15) is 38.9 Å². The van der Waals surface area contributed by atoms with Crippen LogP contribution in [0.25, 0.3) is 11.0 Å². The van der Waals surface area contributed by atoms with Gasteiger partial charge in [0, 0.05) is 12.5 Å². The third-order valence-corrected chi connectivity index (χ3v) is 3.44. The Balaban J connectivity index is 1.97. The molecule has 8 nitrogen and oxygen atoms in total. The molecular formula is C15H23N5O3. The lowest BCUT2D eigenvalue weighted by Crippen LogP contribution is -2.31. The van der Waals surface area contributed by atoms with Crippen molar-refractivity contribution in [2.24, 2.45) is 0 Å². The Morgan fingerprint density at radius 3 is 2.78 bits per heavy atom. The first-order valence-electron chi connectivity index (χ1n) is 7.77. The molecular weight excluding hydrogens is 298 g/mol. The van der Waals surface area contributed by atoms with Crippen LogP contribution in [0.3, 0.4) is 0 Å². The third kappa shape index (κ3) is 3.88. The molecule has 2 heterocycles. The topological polar surface area (TPSA) is 91.0 Å². The number of aryl methyl sites for hydroxylation is 2. The van der Waals surface area contributed by atoms with Gasteiger partial charge in [0.2, 0.25) is 5.91 Å². The van der Waals surface area contributed by atoms with Gasteiger partial charge in [-0.2, -0.15) is 10.2 Å². The minimum Gasteiger partial charge on any atom is -0.465 e. The smallest absolute Gasteiger partial charge is 0.325 e. The highest BCUT2D eigenvalue weighted by Gasteiger charge is 2.15. The summed E-state index contributed by atoms with van der Waals surface area (Å²) in [6.45, 7) is 8.41. The van der Waals surface area contributed by atoms with Gasteiger partial charge in [-0.3, -0.25) is 19.0 Å². The number of fused-ring (bicyclic) bond motifs is 1. The molecule has 23 heavy (non-hydrogen) atoms. The molecule has 0 radical (unpaired) electrons. The first-order chi connectivity index (χ1) is 10.9. The lowest BCUT2D eigenvalue weighted by atomic mass is 10.3. The Morgan fingerprint density at radius 2 is 2.13 bits per heavy atom. The number of hydrogen-bond donors (Lipinski definition) is 1. The van der Waals surface area contributed by atoms with Gasteiger partial charge in [0.25, 0.3) is 0 Å². The first kappa shape index (κ1) is 17.0. The molecule has 0 saturated heterocycles. The van der Waals surface area contributed by atoms with E-state index >= 15 is 0 Å². The lowest BCUT2D eigenvalue weighted by molar-refractivity contribution is -0.143. The monoisotopic (exact) mass is 321 g/mol. The van der Waals surface area contributed by atoms with Gasteiger partial charge in [-0.25, -0.2) is 0 Å². The van der Waals surface area contributed by atoms with E-state index < -0.39 is 5.97 Å². The fourth-order valence-corrected chi connectivity index (χ4v) is 2.42. The minimum absolute atomic E-state index is 0.106. The van der Waals surface area contributed by atoms with Gasteiger partial charge in [-0.1, -0.05) is 0 Å². The van der Waals surface area contributed by atoms with Crippen molar-refractivity contribution in [3.8, 4) is 0 Å². The maximum atomic E-state index is 11.8. The minimum atomic E-state index is -0.434. The number of nitrogens with one attached hydrogen (secondary N) is 1. The first-order valence-corrected chi connectivity index (χ1v) is 7.77. The summed E-state index contributed by atoms with van der Waals surface area (Å²) in [7, 11) is 0. The van der Waals surface area contributed by atoms with Gasteiger partial charge in [-0.15, -0.1) is 0 Å². The number of carbonyl (C=O) groups excluding carboxylic acids is 2. The number of carbonyl (C=O) groups is 2. The number of esters is 1.